The molecule has 0 aromatic rings. The van der Waals surface area contributed by atoms with Gasteiger partial charge in [-0.05, 0) is 30.6 Å². The molecular formula is C13H25NO3. The predicted molar refractivity (Wildman–Crippen MR) is 66.5 cm³/mol. The highest BCUT2D eigenvalue weighted by molar-refractivity contribution is 5.75. The van der Waals surface area contributed by atoms with Gasteiger partial charge in [0.15, 0.2) is 0 Å². The summed E-state index contributed by atoms with van der Waals surface area (Å²) >= 11 is 0. The Bertz CT molecular complexity index is 265. The van der Waals surface area contributed by atoms with Gasteiger partial charge >= 0.3 is 5.97 Å². The molecule has 1 aliphatic carbocycles. The quantitative estimate of drug-likeness (QED) is 0.764. The van der Waals surface area contributed by atoms with Gasteiger partial charge in [0.1, 0.15) is 12.1 Å². The molecule has 3 atom stereocenters. The van der Waals surface area contributed by atoms with Crippen LogP contribution >= 0.6 is 0 Å². The van der Waals surface area contributed by atoms with Crippen molar-refractivity contribution >= 4 is 5.97 Å². The van der Waals surface area contributed by atoms with Gasteiger partial charge in [0.2, 0.25) is 0 Å². The molecule has 0 spiro atoms. The number of hydrogen-bond donors (Lipinski definition) is 1. The van der Waals surface area contributed by atoms with Gasteiger partial charge in [-0.1, -0.05) is 20.8 Å². The first kappa shape index (κ1) is 14.5. The van der Waals surface area contributed by atoms with E-state index in [9.17, 15) is 4.79 Å². The summed E-state index contributed by atoms with van der Waals surface area (Å²) in [5.41, 5.74) is 5.89. The highest BCUT2D eigenvalue weighted by atomic mass is 16.5. The molecule has 3 unspecified atom stereocenters. The van der Waals surface area contributed by atoms with E-state index in [1.54, 1.807) is 0 Å². The van der Waals surface area contributed by atoms with E-state index in [1.165, 1.54) is 13.5 Å². The fourth-order valence-electron chi connectivity index (χ4n) is 2.85. The number of hydrogen-bond acceptors (Lipinski definition) is 4. The van der Waals surface area contributed by atoms with Crippen LogP contribution in [0, 0.1) is 11.3 Å². The molecular weight excluding hydrogens is 218 g/mol. The van der Waals surface area contributed by atoms with Gasteiger partial charge in [-0.2, -0.15) is 0 Å². The lowest BCUT2D eigenvalue weighted by Gasteiger charge is -2.38. The van der Waals surface area contributed by atoms with Crippen LogP contribution < -0.4 is 5.73 Å². The number of esters is 1. The van der Waals surface area contributed by atoms with Gasteiger partial charge in [0.25, 0.3) is 0 Å². The molecule has 0 aromatic carbocycles. The maximum absolute atomic E-state index is 11.7. The fourth-order valence-corrected chi connectivity index (χ4v) is 2.85. The molecule has 0 heterocycles. The third kappa shape index (κ3) is 4.64. The van der Waals surface area contributed by atoms with E-state index in [2.05, 4.69) is 20.8 Å². The van der Waals surface area contributed by atoms with Crippen molar-refractivity contribution in [3.05, 3.63) is 0 Å². The first-order chi connectivity index (χ1) is 7.84. The van der Waals surface area contributed by atoms with Crippen molar-refractivity contribution in [1.29, 1.82) is 0 Å². The van der Waals surface area contributed by atoms with E-state index in [1.807, 2.05) is 0 Å². The van der Waals surface area contributed by atoms with Crippen LogP contribution in [-0.2, 0) is 14.3 Å². The Morgan fingerprint density at radius 1 is 1.47 bits per heavy atom. The molecule has 17 heavy (non-hydrogen) atoms. The van der Waals surface area contributed by atoms with Crippen molar-refractivity contribution in [2.24, 2.45) is 17.1 Å². The van der Waals surface area contributed by atoms with Gasteiger partial charge in [-0.25, -0.2) is 0 Å². The summed E-state index contributed by atoms with van der Waals surface area (Å²) in [7, 11) is 1.53. The maximum Gasteiger partial charge on any atom is 0.325 e. The topological polar surface area (TPSA) is 61.5 Å². The van der Waals surface area contributed by atoms with Crippen molar-refractivity contribution < 1.29 is 14.3 Å². The average Bonchev–Trinajstić information content (AvgIpc) is 2.14. The Labute approximate surface area is 104 Å². The summed E-state index contributed by atoms with van der Waals surface area (Å²) in [5, 5.41) is 0. The van der Waals surface area contributed by atoms with Crippen LogP contribution in [0.1, 0.15) is 40.0 Å². The van der Waals surface area contributed by atoms with E-state index in [-0.39, 0.29) is 24.1 Å². The second-order valence-electron chi connectivity index (χ2n) is 6.03. The van der Waals surface area contributed by atoms with E-state index in [4.69, 9.17) is 15.2 Å². The van der Waals surface area contributed by atoms with E-state index < -0.39 is 6.04 Å². The van der Waals surface area contributed by atoms with Crippen LogP contribution in [0.4, 0.5) is 0 Å². The molecule has 0 saturated heterocycles. The standard InChI is InChI=1S/C13H25NO3/c1-9-5-10(7-13(2,3)6-9)17-12(15)11(14)8-16-4/h9-11H,5-8,14H2,1-4H3. The summed E-state index contributed by atoms with van der Waals surface area (Å²) < 4.78 is 10.3. The Balaban J connectivity index is 2.48. The number of rotatable bonds is 4. The van der Waals surface area contributed by atoms with Crippen molar-refractivity contribution in [2.75, 3.05) is 13.7 Å². The molecule has 1 rings (SSSR count). The smallest absolute Gasteiger partial charge is 0.325 e. The van der Waals surface area contributed by atoms with Crippen LogP contribution in [-0.4, -0.2) is 31.8 Å². The SMILES string of the molecule is COCC(N)C(=O)OC1CC(C)CC(C)(C)C1. The summed E-state index contributed by atoms with van der Waals surface area (Å²) in [6, 6.07) is -0.666. The molecule has 4 nitrogen and oxygen atoms in total. The predicted octanol–water partition coefficient (Wildman–Crippen LogP) is 1.72. The van der Waals surface area contributed by atoms with Crippen molar-refractivity contribution in [1.82, 2.24) is 0 Å². The molecule has 0 aromatic heterocycles. The molecule has 1 aliphatic rings. The second-order valence-corrected chi connectivity index (χ2v) is 6.03. The zero-order chi connectivity index (χ0) is 13.1. The highest BCUT2D eigenvalue weighted by Crippen LogP contribution is 2.39. The van der Waals surface area contributed by atoms with Gasteiger partial charge < -0.3 is 15.2 Å². The minimum atomic E-state index is -0.666. The monoisotopic (exact) mass is 243 g/mol. The number of methoxy groups -OCH3 is 1. The zero-order valence-corrected chi connectivity index (χ0v) is 11.4. The molecule has 0 bridgehead atoms. The van der Waals surface area contributed by atoms with Crippen molar-refractivity contribution in [2.45, 2.75) is 52.2 Å². The number of ether oxygens (including phenoxy) is 2. The molecule has 0 amide bonds. The second kappa shape index (κ2) is 5.83. The fraction of sp³-hybridized carbons (Fsp3) is 0.923. The Hall–Kier alpha value is -0.610. The van der Waals surface area contributed by atoms with E-state index in [0.29, 0.717) is 5.92 Å². The molecule has 1 saturated carbocycles. The largest absolute Gasteiger partial charge is 0.461 e. The molecule has 100 valence electrons. The first-order valence-electron chi connectivity index (χ1n) is 6.29. The number of carbonyl (C=O) groups excluding carboxylic acids is 1. The zero-order valence-electron chi connectivity index (χ0n) is 11.4. The maximum atomic E-state index is 11.7. The number of nitrogens with two attached hydrogens (primary N) is 1. The third-order valence-corrected chi connectivity index (χ3v) is 3.28. The van der Waals surface area contributed by atoms with E-state index in [0.717, 1.165) is 12.8 Å². The lowest BCUT2D eigenvalue weighted by Crippen LogP contribution is -2.41. The molecule has 2 N–H and O–H groups in total. The van der Waals surface area contributed by atoms with Crippen LogP contribution in [0.5, 0.6) is 0 Å². The minimum Gasteiger partial charge on any atom is -0.461 e. The van der Waals surface area contributed by atoms with E-state index >= 15 is 0 Å². The Morgan fingerprint density at radius 3 is 2.65 bits per heavy atom. The highest BCUT2D eigenvalue weighted by Gasteiger charge is 2.34. The van der Waals surface area contributed by atoms with Gasteiger partial charge in [0.05, 0.1) is 6.61 Å². The van der Waals surface area contributed by atoms with Gasteiger partial charge in [0, 0.05) is 7.11 Å². The normalized spacial score (nSPS) is 29.7. The van der Waals surface area contributed by atoms with Crippen LogP contribution in [0.25, 0.3) is 0 Å². The molecule has 0 radical (unpaired) electrons. The third-order valence-electron chi connectivity index (χ3n) is 3.28. The number of carbonyl (C=O) groups is 1. The van der Waals surface area contributed by atoms with Crippen LogP contribution in [0.3, 0.4) is 0 Å². The average molecular weight is 243 g/mol. The molecule has 0 aliphatic heterocycles. The van der Waals surface area contributed by atoms with Crippen LogP contribution in [0.2, 0.25) is 0 Å². The van der Waals surface area contributed by atoms with Gasteiger partial charge in [-0.15, -0.1) is 0 Å². The summed E-state index contributed by atoms with van der Waals surface area (Å²) in [6.07, 6.45) is 3.05. The lowest BCUT2D eigenvalue weighted by molar-refractivity contribution is -0.156. The Morgan fingerprint density at radius 2 is 2.12 bits per heavy atom. The van der Waals surface area contributed by atoms with Crippen molar-refractivity contribution in [3.8, 4) is 0 Å². The minimum absolute atomic E-state index is 0.00385. The van der Waals surface area contributed by atoms with Crippen molar-refractivity contribution in [3.63, 3.8) is 0 Å². The lowest BCUT2D eigenvalue weighted by atomic mass is 9.71. The first-order valence-corrected chi connectivity index (χ1v) is 6.29. The summed E-state index contributed by atoms with van der Waals surface area (Å²) in [4.78, 5) is 11.7. The summed E-state index contributed by atoms with van der Waals surface area (Å²) in [5.74, 6) is 0.247. The molecule has 1 fully saturated rings. The molecule has 4 heteroatoms. The summed E-state index contributed by atoms with van der Waals surface area (Å²) in [6.45, 7) is 6.86. The van der Waals surface area contributed by atoms with Crippen LogP contribution in [0.15, 0.2) is 0 Å². The Kier molecular flexibility index (Phi) is 4.95. The van der Waals surface area contributed by atoms with Gasteiger partial charge in [-0.3, -0.25) is 4.79 Å².